The molecule has 0 aliphatic heterocycles. The van der Waals surface area contributed by atoms with Gasteiger partial charge >= 0.3 is 5.97 Å². The molecule has 0 atom stereocenters. The van der Waals surface area contributed by atoms with Gasteiger partial charge in [0, 0.05) is 0 Å². The zero-order chi connectivity index (χ0) is 20.0. The van der Waals surface area contributed by atoms with Gasteiger partial charge in [0.05, 0.1) is 18.8 Å². The minimum Gasteiger partial charge on any atom is -0.494 e. The summed E-state index contributed by atoms with van der Waals surface area (Å²) in [5, 5.41) is 0. The van der Waals surface area contributed by atoms with Crippen LogP contribution in [0.3, 0.4) is 0 Å². The first kappa shape index (κ1) is 22.0. The van der Waals surface area contributed by atoms with Crippen molar-refractivity contribution < 1.29 is 14.3 Å². The molecule has 2 aromatic carbocycles. The minimum absolute atomic E-state index is 0.245. The third-order valence-corrected chi connectivity index (χ3v) is 4.81. The fourth-order valence-corrected chi connectivity index (χ4v) is 3.04. The molecule has 0 aromatic heterocycles. The predicted molar refractivity (Wildman–Crippen MR) is 116 cm³/mol. The number of esters is 1. The molecule has 0 saturated heterocycles. The van der Waals surface area contributed by atoms with Crippen LogP contribution in [0.4, 0.5) is 0 Å². The van der Waals surface area contributed by atoms with Crippen LogP contribution in [0, 0.1) is 0 Å². The number of hydrogen-bond donors (Lipinski definition) is 0. The van der Waals surface area contributed by atoms with E-state index < -0.39 is 0 Å². The van der Waals surface area contributed by atoms with Crippen LogP contribution in [-0.4, -0.2) is 19.2 Å². The van der Waals surface area contributed by atoms with Gasteiger partial charge in [-0.05, 0) is 48.2 Å². The molecular formula is C25H34O3. The quantitative estimate of drug-likeness (QED) is 0.275. The second-order valence-corrected chi connectivity index (χ2v) is 7.21. The van der Waals surface area contributed by atoms with E-state index in [2.05, 4.69) is 26.0 Å². The van der Waals surface area contributed by atoms with Gasteiger partial charge in [-0.15, -0.1) is 0 Å². The largest absolute Gasteiger partial charge is 0.494 e. The van der Waals surface area contributed by atoms with Crippen LogP contribution in [0.25, 0.3) is 11.1 Å². The van der Waals surface area contributed by atoms with Crippen LogP contribution in [0.5, 0.6) is 5.75 Å². The highest BCUT2D eigenvalue weighted by atomic mass is 16.5. The summed E-state index contributed by atoms with van der Waals surface area (Å²) in [7, 11) is 0. The molecule has 0 aliphatic rings. The average molecular weight is 383 g/mol. The van der Waals surface area contributed by atoms with E-state index in [-0.39, 0.29) is 5.97 Å². The summed E-state index contributed by atoms with van der Waals surface area (Å²) < 4.78 is 11.1. The Morgan fingerprint density at radius 2 is 1.21 bits per heavy atom. The van der Waals surface area contributed by atoms with Crippen molar-refractivity contribution in [1.29, 1.82) is 0 Å². The van der Waals surface area contributed by atoms with Crippen molar-refractivity contribution in [1.82, 2.24) is 0 Å². The van der Waals surface area contributed by atoms with Crippen LogP contribution in [0.2, 0.25) is 0 Å². The number of hydrogen-bond acceptors (Lipinski definition) is 3. The van der Waals surface area contributed by atoms with Crippen LogP contribution < -0.4 is 4.74 Å². The first-order valence-electron chi connectivity index (χ1n) is 10.7. The Bertz CT molecular complexity index is 674. The van der Waals surface area contributed by atoms with Gasteiger partial charge in [-0.2, -0.15) is 0 Å². The van der Waals surface area contributed by atoms with Crippen LogP contribution >= 0.6 is 0 Å². The van der Waals surface area contributed by atoms with E-state index in [1.165, 1.54) is 25.7 Å². The molecule has 0 saturated carbocycles. The summed E-state index contributed by atoms with van der Waals surface area (Å²) in [6, 6.07) is 15.7. The molecule has 0 heterocycles. The Morgan fingerprint density at radius 3 is 1.86 bits per heavy atom. The van der Waals surface area contributed by atoms with E-state index in [4.69, 9.17) is 9.47 Å². The molecule has 0 unspecified atom stereocenters. The lowest BCUT2D eigenvalue weighted by molar-refractivity contribution is 0.0498. The fraction of sp³-hybridized carbons (Fsp3) is 0.480. The molecule has 0 aliphatic carbocycles. The van der Waals surface area contributed by atoms with Crippen molar-refractivity contribution in [2.24, 2.45) is 0 Å². The van der Waals surface area contributed by atoms with Gasteiger partial charge in [0.25, 0.3) is 0 Å². The third kappa shape index (κ3) is 7.75. The standard InChI is InChI=1S/C25H34O3/c1-3-5-7-8-10-19-27-24-17-15-22(16-18-24)21-11-13-23(14-12-21)25(26)28-20-9-6-4-2/h11-18H,3-10,19-20H2,1-2H3. The molecule has 28 heavy (non-hydrogen) atoms. The molecule has 0 spiro atoms. The maximum atomic E-state index is 12.0. The topological polar surface area (TPSA) is 35.5 Å². The molecular weight excluding hydrogens is 348 g/mol. The highest BCUT2D eigenvalue weighted by Gasteiger charge is 2.07. The van der Waals surface area contributed by atoms with Gasteiger partial charge in [-0.3, -0.25) is 0 Å². The van der Waals surface area contributed by atoms with Crippen molar-refractivity contribution in [3.8, 4) is 16.9 Å². The van der Waals surface area contributed by atoms with E-state index in [0.29, 0.717) is 12.2 Å². The Labute approximate surface area is 170 Å². The summed E-state index contributed by atoms with van der Waals surface area (Å²) in [6.07, 6.45) is 9.35. The lowest BCUT2D eigenvalue weighted by Gasteiger charge is -2.08. The molecule has 2 aromatic rings. The van der Waals surface area contributed by atoms with Crippen LogP contribution in [-0.2, 0) is 4.74 Å². The predicted octanol–water partition coefficient (Wildman–Crippen LogP) is 7.05. The van der Waals surface area contributed by atoms with Gasteiger partial charge in [0.1, 0.15) is 5.75 Å². The van der Waals surface area contributed by atoms with Crippen LogP contribution in [0.15, 0.2) is 48.5 Å². The molecule has 0 N–H and O–H groups in total. The SMILES string of the molecule is CCCCCCCOc1ccc(-c2ccc(C(=O)OCCCCC)cc2)cc1. The van der Waals surface area contributed by atoms with E-state index in [9.17, 15) is 4.79 Å². The summed E-state index contributed by atoms with van der Waals surface area (Å²) >= 11 is 0. The molecule has 3 heteroatoms. The molecule has 0 amide bonds. The maximum Gasteiger partial charge on any atom is 0.338 e. The molecule has 0 bridgehead atoms. The van der Waals surface area contributed by atoms with E-state index in [1.807, 2.05) is 36.4 Å². The number of benzene rings is 2. The minimum atomic E-state index is -0.245. The van der Waals surface area contributed by atoms with E-state index >= 15 is 0 Å². The zero-order valence-electron chi connectivity index (χ0n) is 17.4. The highest BCUT2D eigenvalue weighted by molar-refractivity contribution is 5.90. The monoisotopic (exact) mass is 382 g/mol. The van der Waals surface area contributed by atoms with Gasteiger partial charge < -0.3 is 9.47 Å². The maximum absolute atomic E-state index is 12.0. The van der Waals surface area contributed by atoms with Gasteiger partial charge in [0.15, 0.2) is 0 Å². The van der Waals surface area contributed by atoms with Crippen molar-refractivity contribution >= 4 is 5.97 Å². The first-order chi connectivity index (χ1) is 13.7. The first-order valence-corrected chi connectivity index (χ1v) is 10.7. The second kappa shape index (κ2) is 13.0. The van der Waals surface area contributed by atoms with Crippen molar-refractivity contribution in [2.45, 2.75) is 65.2 Å². The normalized spacial score (nSPS) is 10.6. The molecule has 0 radical (unpaired) electrons. The Kier molecular flexibility index (Phi) is 10.2. The Morgan fingerprint density at radius 1 is 0.679 bits per heavy atom. The number of rotatable bonds is 13. The zero-order valence-corrected chi connectivity index (χ0v) is 17.4. The van der Waals surface area contributed by atoms with Crippen molar-refractivity contribution in [3.05, 3.63) is 54.1 Å². The molecule has 2 rings (SSSR count). The van der Waals surface area contributed by atoms with Gasteiger partial charge in [-0.25, -0.2) is 4.79 Å². The average Bonchev–Trinajstić information content (AvgIpc) is 2.74. The van der Waals surface area contributed by atoms with Crippen LogP contribution in [0.1, 0.15) is 75.6 Å². The summed E-state index contributed by atoms with van der Waals surface area (Å²) in [6.45, 7) is 5.63. The molecule has 3 nitrogen and oxygen atoms in total. The Hall–Kier alpha value is -2.29. The molecule has 0 fully saturated rings. The number of carbonyl (C=O) groups excluding carboxylic acids is 1. The number of unbranched alkanes of at least 4 members (excludes halogenated alkanes) is 6. The second-order valence-electron chi connectivity index (χ2n) is 7.21. The van der Waals surface area contributed by atoms with Crippen molar-refractivity contribution in [2.75, 3.05) is 13.2 Å². The fourth-order valence-electron chi connectivity index (χ4n) is 3.04. The lowest BCUT2D eigenvalue weighted by Crippen LogP contribution is -2.06. The summed E-state index contributed by atoms with van der Waals surface area (Å²) in [5.74, 6) is 0.664. The van der Waals surface area contributed by atoms with Gasteiger partial charge in [0.2, 0.25) is 0 Å². The smallest absolute Gasteiger partial charge is 0.338 e. The molecule has 152 valence electrons. The number of carbonyl (C=O) groups is 1. The third-order valence-electron chi connectivity index (χ3n) is 4.81. The van der Waals surface area contributed by atoms with E-state index in [0.717, 1.165) is 49.2 Å². The summed E-state index contributed by atoms with van der Waals surface area (Å²) in [5.41, 5.74) is 2.79. The van der Waals surface area contributed by atoms with Gasteiger partial charge in [-0.1, -0.05) is 76.6 Å². The highest BCUT2D eigenvalue weighted by Crippen LogP contribution is 2.23. The van der Waals surface area contributed by atoms with Crippen molar-refractivity contribution in [3.63, 3.8) is 0 Å². The lowest BCUT2D eigenvalue weighted by atomic mass is 10.0. The Balaban J connectivity index is 1.80. The summed E-state index contributed by atoms with van der Waals surface area (Å²) in [4.78, 5) is 12.0. The number of ether oxygens (including phenoxy) is 2. The van der Waals surface area contributed by atoms with E-state index in [1.54, 1.807) is 0 Å².